The third-order valence-electron chi connectivity index (χ3n) is 5.34. The molecule has 3 aliphatic rings. The molecule has 2 aliphatic carbocycles. The predicted octanol–water partition coefficient (Wildman–Crippen LogP) is 3.55. The van der Waals surface area contributed by atoms with Crippen LogP contribution in [0.2, 0.25) is 0 Å². The number of alkyl halides is 1. The van der Waals surface area contributed by atoms with Gasteiger partial charge in [-0.25, -0.2) is 0 Å². The van der Waals surface area contributed by atoms with Crippen molar-refractivity contribution in [1.82, 2.24) is 4.90 Å². The van der Waals surface area contributed by atoms with E-state index >= 15 is 0 Å². The molecule has 2 unspecified atom stereocenters. The van der Waals surface area contributed by atoms with Crippen molar-refractivity contribution in [2.24, 2.45) is 5.92 Å². The standard InChI is InChI=1S/C20H25Cl2NO3/c21-16-6-7-17(18(22)12-16)20(25)8-10-23(11-9-20)19(24)14-26-13-15-4-2-1-3-5-15/h1-2,4,6-7,12,17-18,25H,3,5,8-11,13-14H2. The third-order valence-corrected chi connectivity index (χ3v) is 5.99. The monoisotopic (exact) mass is 397 g/mol. The highest BCUT2D eigenvalue weighted by Gasteiger charge is 2.42. The minimum absolute atomic E-state index is 0.0245. The average Bonchev–Trinajstić information content (AvgIpc) is 2.63. The number of carbonyl (C=O) groups excluding carboxylic acids is 1. The number of amides is 1. The van der Waals surface area contributed by atoms with Crippen LogP contribution >= 0.6 is 23.2 Å². The number of piperidine rings is 1. The molecular formula is C20H25Cl2NO3. The van der Waals surface area contributed by atoms with Gasteiger partial charge < -0.3 is 14.7 Å². The number of likely N-dealkylation sites (tertiary alicyclic amines) is 1. The molecule has 4 nitrogen and oxygen atoms in total. The van der Waals surface area contributed by atoms with Crippen LogP contribution in [0.4, 0.5) is 0 Å². The Kier molecular flexibility index (Phi) is 6.62. The molecule has 1 amide bonds. The Bertz CT molecular complexity index is 645. The summed E-state index contributed by atoms with van der Waals surface area (Å²) in [6, 6.07) is 0. The van der Waals surface area contributed by atoms with E-state index in [-0.39, 0.29) is 23.8 Å². The summed E-state index contributed by atoms with van der Waals surface area (Å²) in [4.78, 5) is 14.1. The molecule has 0 radical (unpaired) electrons. The molecule has 0 aromatic rings. The normalized spacial score (nSPS) is 27.9. The van der Waals surface area contributed by atoms with Crippen LogP contribution in [0.5, 0.6) is 0 Å². The summed E-state index contributed by atoms with van der Waals surface area (Å²) in [6.45, 7) is 1.60. The van der Waals surface area contributed by atoms with Crippen molar-refractivity contribution in [2.75, 3.05) is 26.3 Å². The Hall–Kier alpha value is -1.07. The summed E-state index contributed by atoms with van der Waals surface area (Å²) in [5, 5.41) is 11.3. The van der Waals surface area contributed by atoms with Gasteiger partial charge >= 0.3 is 0 Å². The zero-order chi connectivity index (χ0) is 18.6. The zero-order valence-corrected chi connectivity index (χ0v) is 16.3. The first-order chi connectivity index (χ1) is 12.5. The summed E-state index contributed by atoms with van der Waals surface area (Å²) in [5.74, 6) is -0.213. The molecule has 142 valence electrons. The van der Waals surface area contributed by atoms with E-state index in [0.717, 1.165) is 12.8 Å². The number of halogens is 2. The van der Waals surface area contributed by atoms with E-state index < -0.39 is 5.60 Å². The van der Waals surface area contributed by atoms with Gasteiger partial charge in [-0.15, -0.1) is 11.6 Å². The first kappa shape index (κ1) is 19.7. The van der Waals surface area contributed by atoms with E-state index in [2.05, 4.69) is 12.2 Å². The Balaban J connectivity index is 1.45. The average molecular weight is 398 g/mol. The van der Waals surface area contributed by atoms with E-state index in [1.54, 1.807) is 17.1 Å². The number of hydrogen-bond acceptors (Lipinski definition) is 3. The van der Waals surface area contributed by atoms with Gasteiger partial charge in [-0.3, -0.25) is 4.79 Å². The van der Waals surface area contributed by atoms with Gasteiger partial charge in [-0.1, -0.05) is 35.9 Å². The highest BCUT2D eigenvalue weighted by molar-refractivity contribution is 6.32. The van der Waals surface area contributed by atoms with Crippen molar-refractivity contribution in [3.8, 4) is 0 Å². The second kappa shape index (κ2) is 8.75. The lowest BCUT2D eigenvalue weighted by Crippen LogP contribution is -2.52. The van der Waals surface area contributed by atoms with Gasteiger partial charge in [0.15, 0.2) is 0 Å². The topological polar surface area (TPSA) is 49.8 Å². The minimum Gasteiger partial charge on any atom is -0.389 e. The van der Waals surface area contributed by atoms with Crippen LogP contribution in [0.25, 0.3) is 0 Å². The van der Waals surface area contributed by atoms with Crippen LogP contribution in [0, 0.1) is 5.92 Å². The van der Waals surface area contributed by atoms with Gasteiger partial charge in [0, 0.05) is 24.0 Å². The molecule has 0 bridgehead atoms. The molecule has 0 aromatic carbocycles. The number of aliphatic hydroxyl groups is 1. The van der Waals surface area contributed by atoms with Crippen LogP contribution in [0.1, 0.15) is 25.7 Å². The molecular weight excluding hydrogens is 373 g/mol. The summed E-state index contributed by atoms with van der Waals surface area (Å²) >= 11 is 12.3. The molecule has 6 heteroatoms. The second-order valence-electron chi connectivity index (χ2n) is 7.15. The molecule has 1 fully saturated rings. The van der Waals surface area contributed by atoms with Crippen LogP contribution < -0.4 is 0 Å². The Morgan fingerprint density at radius 3 is 2.81 bits per heavy atom. The zero-order valence-electron chi connectivity index (χ0n) is 14.7. The Morgan fingerprint density at radius 2 is 2.15 bits per heavy atom. The van der Waals surface area contributed by atoms with E-state index in [0.29, 0.717) is 37.6 Å². The molecule has 0 spiro atoms. The maximum absolute atomic E-state index is 12.4. The molecule has 3 rings (SSSR count). The summed E-state index contributed by atoms with van der Waals surface area (Å²) in [5.41, 5.74) is 0.311. The van der Waals surface area contributed by atoms with Gasteiger partial charge in [-0.2, -0.15) is 0 Å². The van der Waals surface area contributed by atoms with E-state index in [1.165, 1.54) is 5.57 Å². The van der Waals surface area contributed by atoms with Crippen LogP contribution in [-0.2, 0) is 9.53 Å². The van der Waals surface area contributed by atoms with Crippen molar-refractivity contribution >= 4 is 29.1 Å². The second-order valence-corrected chi connectivity index (χ2v) is 8.09. The van der Waals surface area contributed by atoms with Crippen molar-refractivity contribution in [3.63, 3.8) is 0 Å². The molecule has 1 saturated heterocycles. The molecule has 0 saturated carbocycles. The van der Waals surface area contributed by atoms with E-state index in [9.17, 15) is 9.90 Å². The fourth-order valence-electron chi connectivity index (χ4n) is 3.70. The summed E-state index contributed by atoms with van der Waals surface area (Å²) < 4.78 is 5.57. The molecule has 26 heavy (non-hydrogen) atoms. The lowest BCUT2D eigenvalue weighted by Gasteiger charge is -2.43. The van der Waals surface area contributed by atoms with Crippen LogP contribution in [0.15, 0.2) is 47.1 Å². The lowest BCUT2D eigenvalue weighted by molar-refractivity contribution is -0.141. The molecule has 1 N–H and O–H groups in total. The first-order valence-corrected chi connectivity index (χ1v) is 9.91. The number of carbonyl (C=O) groups is 1. The highest BCUT2D eigenvalue weighted by Crippen LogP contribution is 2.38. The molecule has 1 heterocycles. The predicted molar refractivity (Wildman–Crippen MR) is 104 cm³/mol. The van der Waals surface area contributed by atoms with Crippen molar-refractivity contribution in [1.29, 1.82) is 0 Å². The van der Waals surface area contributed by atoms with Gasteiger partial charge in [0.1, 0.15) is 6.61 Å². The summed E-state index contributed by atoms with van der Waals surface area (Å²) in [6.07, 6.45) is 14.6. The lowest BCUT2D eigenvalue weighted by atomic mass is 9.76. The molecule has 1 aliphatic heterocycles. The first-order valence-electron chi connectivity index (χ1n) is 9.10. The Labute approximate surface area is 164 Å². The van der Waals surface area contributed by atoms with E-state index in [4.69, 9.17) is 27.9 Å². The molecule has 0 aromatic heterocycles. The SMILES string of the molecule is O=C(COCC1=CC=CCC1)N1CCC(O)(C2C=CC(Cl)=CC2Cl)CC1. The fourth-order valence-corrected chi connectivity index (χ4v) is 4.43. The smallest absolute Gasteiger partial charge is 0.248 e. The van der Waals surface area contributed by atoms with Gasteiger partial charge in [0.2, 0.25) is 5.91 Å². The minimum atomic E-state index is -0.909. The maximum atomic E-state index is 12.4. The van der Waals surface area contributed by atoms with Crippen molar-refractivity contribution < 1.29 is 14.6 Å². The number of nitrogens with zero attached hydrogens (tertiary/aromatic N) is 1. The highest BCUT2D eigenvalue weighted by atomic mass is 35.5. The Morgan fingerprint density at radius 1 is 1.38 bits per heavy atom. The summed E-state index contributed by atoms with van der Waals surface area (Å²) in [7, 11) is 0. The van der Waals surface area contributed by atoms with Crippen LogP contribution in [-0.4, -0.2) is 53.2 Å². The van der Waals surface area contributed by atoms with E-state index in [1.807, 2.05) is 12.2 Å². The fraction of sp³-hybridized carbons (Fsp3) is 0.550. The van der Waals surface area contributed by atoms with Gasteiger partial charge in [0.25, 0.3) is 0 Å². The third kappa shape index (κ3) is 4.80. The number of hydrogen-bond donors (Lipinski definition) is 1. The number of ether oxygens (including phenoxy) is 1. The number of allylic oxidation sites excluding steroid dienone is 6. The van der Waals surface area contributed by atoms with Gasteiger partial charge in [-0.05, 0) is 43.4 Å². The van der Waals surface area contributed by atoms with Crippen LogP contribution in [0.3, 0.4) is 0 Å². The largest absolute Gasteiger partial charge is 0.389 e. The maximum Gasteiger partial charge on any atom is 0.248 e. The molecule has 2 atom stereocenters. The number of rotatable bonds is 5. The quantitative estimate of drug-likeness (QED) is 0.721. The van der Waals surface area contributed by atoms with Crippen molar-refractivity contribution in [3.05, 3.63) is 47.1 Å². The van der Waals surface area contributed by atoms with Gasteiger partial charge in [0.05, 0.1) is 17.6 Å². The van der Waals surface area contributed by atoms with Crippen molar-refractivity contribution in [2.45, 2.75) is 36.7 Å².